The van der Waals surface area contributed by atoms with Crippen LogP contribution in [0, 0.1) is 5.92 Å². The highest BCUT2D eigenvalue weighted by molar-refractivity contribution is 5.81. The van der Waals surface area contributed by atoms with Crippen LogP contribution in [-0.2, 0) is 9.53 Å². The zero-order valence-corrected chi connectivity index (χ0v) is 11.3. The van der Waals surface area contributed by atoms with Gasteiger partial charge < -0.3 is 15.4 Å². The number of hydrogen-bond donors (Lipinski definition) is 2. The SMILES string of the molecule is COCC(C)CNC(C)C(=O)NC1CCCC1. The second-order valence-corrected chi connectivity index (χ2v) is 5.18. The maximum atomic E-state index is 11.9. The molecule has 4 nitrogen and oxygen atoms in total. The van der Waals surface area contributed by atoms with Crippen LogP contribution in [0.5, 0.6) is 0 Å². The lowest BCUT2D eigenvalue weighted by atomic mass is 10.1. The number of nitrogens with one attached hydrogen (secondary N) is 2. The quantitative estimate of drug-likeness (QED) is 0.707. The van der Waals surface area contributed by atoms with Gasteiger partial charge in [-0.15, -0.1) is 0 Å². The Labute approximate surface area is 104 Å². The highest BCUT2D eigenvalue weighted by Gasteiger charge is 2.20. The Kier molecular flexibility index (Phi) is 6.52. The minimum Gasteiger partial charge on any atom is -0.384 e. The van der Waals surface area contributed by atoms with Crippen LogP contribution in [0.4, 0.5) is 0 Å². The van der Waals surface area contributed by atoms with E-state index in [1.807, 2.05) is 6.92 Å². The van der Waals surface area contributed by atoms with Crippen molar-refractivity contribution in [3.8, 4) is 0 Å². The van der Waals surface area contributed by atoms with Gasteiger partial charge in [-0.3, -0.25) is 4.79 Å². The molecule has 1 rings (SSSR count). The molecule has 4 heteroatoms. The Morgan fingerprint density at radius 3 is 2.59 bits per heavy atom. The number of amides is 1. The van der Waals surface area contributed by atoms with Gasteiger partial charge in [-0.05, 0) is 25.7 Å². The first kappa shape index (κ1) is 14.5. The van der Waals surface area contributed by atoms with Crippen LogP contribution < -0.4 is 10.6 Å². The molecular formula is C13H26N2O2. The summed E-state index contributed by atoms with van der Waals surface area (Å²) in [6.07, 6.45) is 4.77. The third kappa shape index (κ3) is 5.50. The maximum Gasteiger partial charge on any atom is 0.237 e. The largest absolute Gasteiger partial charge is 0.384 e. The summed E-state index contributed by atoms with van der Waals surface area (Å²) in [7, 11) is 1.70. The van der Waals surface area contributed by atoms with E-state index in [-0.39, 0.29) is 11.9 Å². The Hall–Kier alpha value is -0.610. The van der Waals surface area contributed by atoms with E-state index in [0.717, 1.165) is 26.0 Å². The molecule has 100 valence electrons. The summed E-state index contributed by atoms with van der Waals surface area (Å²) in [5, 5.41) is 6.35. The van der Waals surface area contributed by atoms with Crippen molar-refractivity contribution in [3.05, 3.63) is 0 Å². The van der Waals surface area contributed by atoms with Crippen LogP contribution in [0.25, 0.3) is 0 Å². The summed E-state index contributed by atoms with van der Waals surface area (Å²) in [6.45, 7) is 5.57. The van der Waals surface area contributed by atoms with Crippen molar-refractivity contribution in [2.45, 2.75) is 51.6 Å². The second kappa shape index (κ2) is 7.67. The standard InChI is InChI=1S/C13H26N2O2/c1-10(9-17-3)8-14-11(2)13(16)15-12-6-4-5-7-12/h10-12,14H,4-9H2,1-3H3,(H,15,16). The Bertz CT molecular complexity index is 227. The number of methoxy groups -OCH3 is 1. The average molecular weight is 242 g/mol. The van der Waals surface area contributed by atoms with Crippen LogP contribution in [-0.4, -0.2) is 38.3 Å². The molecule has 1 saturated carbocycles. The fourth-order valence-corrected chi connectivity index (χ4v) is 2.21. The number of carbonyl (C=O) groups excluding carboxylic acids is 1. The molecule has 0 aromatic rings. The molecule has 2 unspecified atom stereocenters. The molecule has 0 saturated heterocycles. The Morgan fingerprint density at radius 1 is 1.35 bits per heavy atom. The van der Waals surface area contributed by atoms with E-state index in [9.17, 15) is 4.79 Å². The molecule has 0 aliphatic heterocycles. The van der Waals surface area contributed by atoms with Gasteiger partial charge in [0.25, 0.3) is 0 Å². The zero-order chi connectivity index (χ0) is 12.7. The van der Waals surface area contributed by atoms with Gasteiger partial charge in [-0.25, -0.2) is 0 Å². The number of carbonyl (C=O) groups is 1. The van der Waals surface area contributed by atoms with Gasteiger partial charge in [0.1, 0.15) is 0 Å². The summed E-state index contributed by atoms with van der Waals surface area (Å²) >= 11 is 0. The van der Waals surface area contributed by atoms with Crippen molar-refractivity contribution in [1.29, 1.82) is 0 Å². The lowest BCUT2D eigenvalue weighted by Gasteiger charge is -2.19. The Morgan fingerprint density at radius 2 is 2.00 bits per heavy atom. The van der Waals surface area contributed by atoms with Crippen molar-refractivity contribution in [2.75, 3.05) is 20.3 Å². The van der Waals surface area contributed by atoms with E-state index in [0.29, 0.717) is 12.0 Å². The second-order valence-electron chi connectivity index (χ2n) is 5.18. The number of ether oxygens (including phenoxy) is 1. The fraction of sp³-hybridized carbons (Fsp3) is 0.923. The van der Waals surface area contributed by atoms with Gasteiger partial charge in [0, 0.05) is 26.3 Å². The molecule has 0 aromatic heterocycles. The molecule has 17 heavy (non-hydrogen) atoms. The molecule has 0 heterocycles. The van der Waals surface area contributed by atoms with E-state index >= 15 is 0 Å². The number of rotatable bonds is 7. The molecular weight excluding hydrogens is 216 g/mol. The lowest BCUT2D eigenvalue weighted by molar-refractivity contribution is -0.123. The summed E-state index contributed by atoms with van der Waals surface area (Å²) in [5.74, 6) is 0.559. The molecule has 2 atom stereocenters. The molecule has 0 radical (unpaired) electrons. The van der Waals surface area contributed by atoms with Gasteiger partial charge in [-0.2, -0.15) is 0 Å². The van der Waals surface area contributed by atoms with Gasteiger partial charge in [0.05, 0.1) is 6.04 Å². The van der Waals surface area contributed by atoms with Gasteiger partial charge >= 0.3 is 0 Å². The van der Waals surface area contributed by atoms with Crippen LogP contribution >= 0.6 is 0 Å². The summed E-state index contributed by atoms with van der Waals surface area (Å²) in [4.78, 5) is 11.9. The van der Waals surface area contributed by atoms with E-state index in [1.54, 1.807) is 7.11 Å². The molecule has 1 aliphatic rings. The molecule has 0 aromatic carbocycles. The first-order chi connectivity index (χ1) is 8.13. The van der Waals surface area contributed by atoms with Crippen LogP contribution in [0.15, 0.2) is 0 Å². The van der Waals surface area contributed by atoms with Crippen LogP contribution in [0.2, 0.25) is 0 Å². The molecule has 1 amide bonds. The van der Waals surface area contributed by atoms with Crippen molar-refractivity contribution in [2.24, 2.45) is 5.92 Å². The number of hydrogen-bond acceptors (Lipinski definition) is 3. The first-order valence-electron chi connectivity index (χ1n) is 6.66. The molecule has 1 fully saturated rings. The Balaban J connectivity index is 2.17. The van der Waals surface area contributed by atoms with E-state index < -0.39 is 0 Å². The van der Waals surface area contributed by atoms with Crippen LogP contribution in [0.3, 0.4) is 0 Å². The lowest BCUT2D eigenvalue weighted by Crippen LogP contribution is -2.46. The van der Waals surface area contributed by atoms with E-state index in [4.69, 9.17) is 4.74 Å². The fourth-order valence-electron chi connectivity index (χ4n) is 2.21. The van der Waals surface area contributed by atoms with Gasteiger partial charge in [-0.1, -0.05) is 19.8 Å². The average Bonchev–Trinajstić information content (AvgIpc) is 2.79. The summed E-state index contributed by atoms with van der Waals surface area (Å²) in [6, 6.07) is 0.290. The third-order valence-corrected chi connectivity index (χ3v) is 3.32. The normalized spacial score (nSPS) is 20.2. The predicted octanol–water partition coefficient (Wildman–Crippen LogP) is 1.31. The third-order valence-electron chi connectivity index (χ3n) is 3.32. The molecule has 0 spiro atoms. The van der Waals surface area contributed by atoms with E-state index in [2.05, 4.69) is 17.6 Å². The molecule has 1 aliphatic carbocycles. The van der Waals surface area contributed by atoms with E-state index in [1.165, 1.54) is 12.8 Å². The molecule has 2 N–H and O–H groups in total. The monoisotopic (exact) mass is 242 g/mol. The minimum absolute atomic E-state index is 0.116. The zero-order valence-electron chi connectivity index (χ0n) is 11.3. The van der Waals surface area contributed by atoms with Crippen molar-refractivity contribution >= 4 is 5.91 Å². The van der Waals surface area contributed by atoms with Gasteiger partial charge in [0.2, 0.25) is 5.91 Å². The van der Waals surface area contributed by atoms with Gasteiger partial charge in [0.15, 0.2) is 0 Å². The maximum absolute atomic E-state index is 11.9. The van der Waals surface area contributed by atoms with Crippen LogP contribution in [0.1, 0.15) is 39.5 Å². The highest BCUT2D eigenvalue weighted by Crippen LogP contribution is 2.17. The van der Waals surface area contributed by atoms with Crippen molar-refractivity contribution in [3.63, 3.8) is 0 Å². The predicted molar refractivity (Wildman–Crippen MR) is 68.9 cm³/mol. The minimum atomic E-state index is -0.116. The highest BCUT2D eigenvalue weighted by atomic mass is 16.5. The first-order valence-corrected chi connectivity index (χ1v) is 6.66. The summed E-state index contributed by atoms with van der Waals surface area (Å²) in [5.41, 5.74) is 0. The van der Waals surface area contributed by atoms with Crippen molar-refractivity contribution in [1.82, 2.24) is 10.6 Å². The molecule has 0 bridgehead atoms. The summed E-state index contributed by atoms with van der Waals surface area (Å²) < 4.78 is 5.06. The topological polar surface area (TPSA) is 50.4 Å². The smallest absolute Gasteiger partial charge is 0.237 e. The van der Waals surface area contributed by atoms with Crippen molar-refractivity contribution < 1.29 is 9.53 Å².